The Labute approximate surface area is 101 Å². The molecule has 17 heavy (non-hydrogen) atoms. The molecule has 1 aromatic rings. The van der Waals surface area contributed by atoms with E-state index in [9.17, 15) is 13.2 Å². The molecule has 0 aromatic heterocycles. The molecule has 3 nitrogen and oxygen atoms in total. The number of halogens is 4. The third-order valence-electron chi connectivity index (χ3n) is 2.39. The molecule has 0 aliphatic carbocycles. The highest BCUT2D eigenvalue weighted by Crippen LogP contribution is 2.28. The first-order chi connectivity index (χ1) is 8.00. The third kappa shape index (κ3) is 2.18. The fourth-order valence-corrected chi connectivity index (χ4v) is 1.68. The van der Waals surface area contributed by atoms with Crippen molar-refractivity contribution >= 4 is 17.3 Å². The van der Waals surface area contributed by atoms with Crippen molar-refractivity contribution in [1.29, 1.82) is 0 Å². The van der Waals surface area contributed by atoms with Crippen molar-refractivity contribution in [3.05, 3.63) is 40.4 Å². The lowest BCUT2D eigenvalue weighted by Crippen LogP contribution is -2.37. The summed E-state index contributed by atoms with van der Waals surface area (Å²) in [4.78, 5) is 0. The van der Waals surface area contributed by atoms with E-state index in [1.807, 2.05) is 0 Å². The van der Waals surface area contributed by atoms with Gasteiger partial charge in [0.05, 0.1) is 10.7 Å². The lowest BCUT2D eigenvalue weighted by atomic mass is 10.2. The zero-order valence-corrected chi connectivity index (χ0v) is 9.52. The molecule has 0 fully saturated rings. The summed E-state index contributed by atoms with van der Waals surface area (Å²) in [5.74, 6) is -0.565. The molecule has 92 valence electrons. The number of nitrogens with one attached hydrogen (secondary N) is 2. The summed E-state index contributed by atoms with van der Waals surface area (Å²) in [6, 6.07) is 2.91. The van der Waals surface area contributed by atoms with Crippen molar-refractivity contribution in [3.8, 4) is 0 Å². The standard InChI is InChI=1S/C10H9ClF3N3/c1-5-8(3-2-6(11)9(5)12)17-4-7(10(13)14)15-16-17/h2-4,10,15-16H,1H3. The van der Waals surface area contributed by atoms with Crippen molar-refractivity contribution in [1.82, 2.24) is 11.0 Å². The average molecular weight is 264 g/mol. The Morgan fingerprint density at radius 1 is 1.35 bits per heavy atom. The van der Waals surface area contributed by atoms with E-state index in [-0.39, 0.29) is 16.3 Å². The van der Waals surface area contributed by atoms with Crippen LogP contribution >= 0.6 is 11.6 Å². The molecule has 1 aliphatic rings. The average Bonchev–Trinajstić information content (AvgIpc) is 2.75. The van der Waals surface area contributed by atoms with Crippen LogP contribution < -0.4 is 16.0 Å². The van der Waals surface area contributed by atoms with E-state index < -0.39 is 12.2 Å². The number of benzene rings is 1. The molecule has 2 rings (SSSR count). The van der Waals surface area contributed by atoms with Gasteiger partial charge in [-0.25, -0.2) is 13.2 Å². The van der Waals surface area contributed by atoms with Gasteiger partial charge in [-0.3, -0.25) is 5.01 Å². The van der Waals surface area contributed by atoms with Gasteiger partial charge in [-0.15, -0.1) is 5.53 Å². The molecule has 1 aliphatic heterocycles. The van der Waals surface area contributed by atoms with Crippen molar-refractivity contribution in [2.45, 2.75) is 13.3 Å². The van der Waals surface area contributed by atoms with E-state index in [2.05, 4.69) is 11.0 Å². The minimum absolute atomic E-state index is 0.00327. The van der Waals surface area contributed by atoms with Gasteiger partial charge in [-0.2, -0.15) is 0 Å². The molecule has 0 bridgehead atoms. The number of anilines is 1. The molecule has 0 saturated heterocycles. The molecule has 7 heteroatoms. The summed E-state index contributed by atoms with van der Waals surface area (Å²) in [5.41, 5.74) is 5.20. The van der Waals surface area contributed by atoms with Crippen molar-refractivity contribution in [3.63, 3.8) is 0 Å². The monoisotopic (exact) mass is 263 g/mol. The number of allylic oxidation sites excluding steroid dienone is 1. The quantitative estimate of drug-likeness (QED) is 0.859. The maximum Gasteiger partial charge on any atom is 0.280 e. The van der Waals surface area contributed by atoms with Gasteiger partial charge >= 0.3 is 0 Å². The second-order valence-corrected chi connectivity index (χ2v) is 3.90. The lowest BCUT2D eigenvalue weighted by Gasteiger charge is -2.18. The highest BCUT2D eigenvalue weighted by Gasteiger charge is 2.22. The topological polar surface area (TPSA) is 27.3 Å². The van der Waals surface area contributed by atoms with E-state index in [1.165, 1.54) is 24.2 Å². The summed E-state index contributed by atoms with van der Waals surface area (Å²) in [7, 11) is 0. The van der Waals surface area contributed by atoms with Gasteiger partial charge in [0.25, 0.3) is 6.43 Å². The van der Waals surface area contributed by atoms with Crippen LogP contribution in [0.1, 0.15) is 5.56 Å². The number of nitrogens with zero attached hydrogens (tertiary/aromatic N) is 1. The summed E-state index contributed by atoms with van der Waals surface area (Å²) in [5, 5.41) is 1.27. The van der Waals surface area contributed by atoms with E-state index in [1.54, 1.807) is 6.07 Å². The maximum absolute atomic E-state index is 13.5. The van der Waals surface area contributed by atoms with Crippen LogP contribution in [0.4, 0.5) is 18.9 Å². The molecular weight excluding hydrogens is 255 g/mol. The SMILES string of the molecule is Cc1c(N2C=C(C(F)F)NN2)ccc(Cl)c1F. The highest BCUT2D eigenvalue weighted by atomic mass is 35.5. The second kappa shape index (κ2) is 4.46. The molecule has 0 saturated carbocycles. The van der Waals surface area contributed by atoms with Crippen LogP contribution in [0.3, 0.4) is 0 Å². The molecule has 2 N–H and O–H groups in total. The van der Waals surface area contributed by atoms with Gasteiger partial charge in [0.2, 0.25) is 0 Å². The molecule has 0 unspecified atom stereocenters. The molecule has 1 aromatic carbocycles. The number of hydrogen-bond acceptors (Lipinski definition) is 3. The van der Waals surface area contributed by atoms with Crippen molar-refractivity contribution < 1.29 is 13.2 Å². The second-order valence-electron chi connectivity index (χ2n) is 3.50. The van der Waals surface area contributed by atoms with Crippen LogP contribution in [0, 0.1) is 12.7 Å². The Morgan fingerprint density at radius 2 is 2.06 bits per heavy atom. The molecule has 0 atom stereocenters. The van der Waals surface area contributed by atoms with Crippen molar-refractivity contribution in [2.75, 3.05) is 5.01 Å². The summed E-state index contributed by atoms with van der Waals surface area (Å²) in [6.07, 6.45) is -1.45. The Kier molecular flexibility index (Phi) is 3.17. The third-order valence-corrected chi connectivity index (χ3v) is 2.69. The molecule has 0 amide bonds. The Hall–Kier alpha value is -1.40. The van der Waals surface area contributed by atoms with Crippen LogP contribution in [0.5, 0.6) is 0 Å². The largest absolute Gasteiger partial charge is 0.301 e. The van der Waals surface area contributed by atoms with Gasteiger partial charge < -0.3 is 5.43 Å². The first kappa shape index (κ1) is 12.1. The number of hydrazine groups is 2. The number of alkyl halides is 2. The summed E-state index contributed by atoms with van der Waals surface area (Å²) >= 11 is 5.61. The molecule has 0 spiro atoms. The number of hydrogen-bond donors (Lipinski definition) is 2. The van der Waals surface area contributed by atoms with Gasteiger partial charge in [0.1, 0.15) is 11.5 Å². The fourth-order valence-electron chi connectivity index (χ4n) is 1.47. The van der Waals surface area contributed by atoms with Crippen LogP contribution in [-0.2, 0) is 0 Å². The van der Waals surface area contributed by atoms with Gasteiger partial charge in [0.15, 0.2) is 0 Å². The lowest BCUT2D eigenvalue weighted by molar-refractivity contribution is 0.180. The minimum Gasteiger partial charge on any atom is -0.301 e. The van der Waals surface area contributed by atoms with Crippen LogP contribution in [0.15, 0.2) is 24.0 Å². The zero-order chi connectivity index (χ0) is 12.6. The van der Waals surface area contributed by atoms with E-state index in [4.69, 9.17) is 11.6 Å². The van der Waals surface area contributed by atoms with Crippen LogP contribution in [0.25, 0.3) is 0 Å². The summed E-state index contributed by atoms with van der Waals surface area (Å²) < 4.78 is 38.3. The first-order valence-corrected chi connectivity index (χ1v) is 5.14. The van der Waals surface area contributed by atoms with Gasteiger partial charge in [-0.1, -0.05) is 11.6 Å². The minimum atomic E-state index is -2.62. The van der Waals surface area contributed by atoms with Crippen LogP contribution in [-0.4, -0.2) is 6.43 Å². The number of rotatable bonds is 2. The highest BCUT2D eigenvalue weighted by molar-refractivity contribution is 6.30. The van der Waals surface area contributed by atoms with E-state index in [0.29, 0.717) is 5.69 Å². The predicted octanol–water partition coefficient (Wildman–Crippen LogP) is 2.72. The molecule has 1 heterocycles. The zero-order valence-electron chi connectivity index (χ0n) is 8.77. The molecular formula is C10H9ClF3N3. The van der Waals surface area contributed by atoms with E-state index >= 15 is 0 Å². The summed E-state index contributed by atoms with van der Waals surface area (Å²) in [6.45, 7) is 1.52. The maximum atomic E-state index is 13.5. The van der Waals surface area contributed by atoms with Gasteiger partial charge in [-0.05, 0) is 19.1 Å². The molecule has 0 radical (unpaired) electrons. The van der Waals surface area contributed by atoms with Crippen molar-refractivity contribution in [2.24, 2.45) is 0 Å². The Morgan fingerprint density at radius 3 is 2.65 bits per heavy atom. The van der Waals surface area contributed by atoms with Gasteiger partial charge in [0, 0.05) is 11.8 Å². The fraction of sp³-hybridized carbons (Fsp3) is 0.200. The first-order valence-electron chi connectivity index (χ1n) is 4.76. The normalized spacial score (nSPS) is 15.2. The smallest absolute Gasteiger partial charge is 0.280 e. The Balaban J connectivity index is 2.34. The Bertz CT molecular complexity index is 476. The predicted molar refractivity (Wildman–Crippen MR) is 59.0 cm³/mol. The van der Waals surface area contributed by atoms with Crippen LogP contribution in [0.2, 0.25) is 5.02 Å². The van der Waals surface area contributed by atoms with E-state index in [0.717, 1.165) is 0 Å².